The Labute approximate surface area is 210 Å². The highest BCUT2D eigenvalue weighted by atomic mass is 19.1. The maximum atomic E-state index is 14.1. The van der Waals surface area contributed by atoms with Crippen molar-refractivity contribution in [3.05, 3.63) is 77.8 Å². The van der Waals surface area contributed by atoms with Crippen LogP contribution in [0.3, 0.4) is 0 Å². The molecule has 190 valence electrons. The number of carbonyl (C=O) groups is 1. The second-order valence-corrected chi connectivity index (χ2v) is 10.9. The van der Waals surface area contributed by atoms with Gasteiger partial charge in [0.15, 0.2) is 0 Å². The highest BCUT2D eigenvalue weighted by molar-refractivity contribution is 5.79. The Kier molecular flexibility index (Phi) is 6.43. The summed E-state index contributed by atoms with van der Waals surface area (Å²) in [6.45, 7) is 8.65. The fraction of sp³-hybridized carbons (Fsp3) is 0.429. The fourth-order valence-electron chi connectivity index (χ4n) is 5.34. The van der Waals surface area contributed by atoms with Gasteiger partial charge in [0.1, 0.15) is 24.1 Å². The van der Waals surface area contributed by atoms with E-state index in [0.29, 0.717) is 36.7 Å². The second-order valence-electron chi connectivity index (χ2n) is 10.9. The van der Waals surface area contributed by atoms with Gasteiger partial charge in [-0.3, -0.25) is 4.79 Å². The Hall–Kier alpha value is -3.10. The number of imidazole rings is 1. The summed E-state index contributed by atoms with van der Waals surface area (Å²) in [6, 6.07) is 12.4. The number of halogens is 2. The van der Waals surface area contributed by atoms with E-state index in [1.165, 1.54) is 24.3 Å². The maximum Gasteiger partial charge on any atom is 0.249 e. The van der Waals surface area contributed by atoms with Gasteiger partial charge in [0, 0.05) is 24.8 Å². The Morgan fingerprint density at radius 3 is 2.56 bits per heavy atom. The van der Waals surface area contributed by atoms with Crippen molar-refractivity contribution >= 4 is 5.91 Å². The lowest BCUT2D eigenvalue weighted by molar-refractivity contribution is -0.169. The summed E-state index contributed by atoms with van der Waals surface area (Å²) in [7, 11) is 0. The molecule has 2 aliphatic heterocycles. The van der Waals surface area contributed by atoms with Crippen LogP contribution >= 0.6 is 0 Å². The van der Waals surface area contributed by atoms with Crippen molar-refractivity contribution in [2.45, 2.75) is 45.4 Å². The van der Waals surface area contributed by atoms with Crippen molar-refractivity contribution in [2.24, 2.45) is 5.41 Å². The number of benzene rings is 2. The van der Waals surface area contributed by atoms with Crippen molar-refractivity contribution in [1.29, 1.82) is 0 Å². The average molecular weight is 495 g/mol. The lowest BCUT2D eigenvalue weighted by atomic mass is 9.83. The molecule has 2 atom stereocenters. The van der Waals surface area contributed by atoms with Gasteiger partial charge in [-0.1, -0.05) is 45.0 Å². The SMILES string of the molecule is CC(C)(C)[C@H](c1nc(-c2cccc(F)c2)cn1Cc1cccc(F)c1)N1CC2(CCNC2)OCC1=O. The molecule has 1 unspecified atom stereocenters. The number of nitrogens with zero attached hydrogens (tertiary/aromatic N) is 3. The molecule has 3 heterocycles. The zero-order valence-corrected chi connectivity index (χ0v) is 20.9. The number of ether oxygens (including phenoxy) is 1. The van der Waals surface area contributed by atoms with E-state index < -0.39 is 5.60 Å². The normalized spacial score (nSPS) is 21.4. The molecule has 0 saturated carbocycles. The smallest absolute Gasteiger partial charge is 0.249 e. The molecule has 0 aliphatic carbocycles. The molecule has 1 amide bonds. The van der Waals surface area contributed by atoms with E-state index in [1.54, 1.807) is 12.1 Å². The summed E-state index contributed by atoms with van der Waals surface area (Å²) in [6.07, 6.45) is 2.70. The van der Waals surface area contributed by atoms with Crippen molar-refractivity contribution < 1.29 is 18.3 Å². The van der Waals surface area contributed by atoms with Gasteiger partial charge >= 0.3 is 0 Å². The van der Waals surface area contributed by atoms with Gasteiger partial charge in [-0.25, -0.2) is 13.8 Å². The van der Waals surface area contributed by atoms with Gasteiger partial charge in [-0.05, 0) is 48.2 Å². The van der Waals surface area contributed by atoms with Crippen LogP contribution < -0.4 is 5.32 Å². The van der Waals surface area contributed by atoms with Crippen molar-refractivity contribution in [3.63, 3.8) is 0 Å². The number of amides is 1. The third-order valence-corrected chi connectivity index (χ3v) is 7.03. The number of morpholine rings is 1. The molecule has 1 N–H and O–H groups in total. The first-order valence-corrected chi connectivity index (χ1v) is 12.4. The first-order chi connectivity index (χ1) is 17.1. The summed E-state index contributed by atoms with van der Waals surface area (Å²) in [4.78, 5) is 20.2. The van der Waals surface area contributed by atoms with Crippen molar-refractivity contribution in [2.75, 3.05) is 26.2 Å². The fourth-order valence-corrected chi connectivity index (χ4v) is 5.34. The van der Waals surface area contributed by atoms with Crippen LogP contribution in [-0.2, 0) is 16.1 Å². The molecule has 5 rings (SSSR count). The summed E-state index contributed by atoms with van der Waals surface area (Å²) in [5, 5.41) is 3.36. The van der Waals surface area contributed by atoms with Crippen LogP contribution in [-0.4, -0.2) is 52.2 Å². The standard InChI is InChI=1S/C28H32F2N4O2/c1-27(2,3)25(34-18-28(10-11-31-17-28)36-16-24(34)35)26-32-23(20-7-5-9-22(30)13-20)15-33(26)14-19-6-4-8-21(29)12-19/h4-9,12-13,15,25,31H,10-11,14,16-18H2,1-3H3/t25-,28?/m0/s1. The van der Waals surface area contributed by atoms with Crippen LogP contribution in [0.5, 0.6) is 0 Å². The van der Waals surface area contributed by atoms with E-state index in [4.69, 9.17) is 9.72 Å². The minimum Gasteiger partial charge on any atom is -0.362 e. The summed E-state index contributed by atoms with van der Waals surface area (Å²) >= 11 is 0. The van der Waals surface area contributed by atoms with Crippen LogP contribution in [0, 0.1) is 17.0 Å². The highest BCUT2D eigenvalue weighted by Crippen LogP contribution is 2.42. The van der Waals surface area contributed by atoms with Crippen LogP contribution in [0.15, 0.2) is 54.7 Å². The number of nitrogens with one attached hydrogen (secondary N) is 1. The first-order valence-electron chi connectivity index (χ1n) is 12.4. The molecule has 0 bridgehead atoms. The number of hydrogen-bond donors (Lipinski definition) is 1. The van der Waals surface area contributed by atoms with Crippen LogP contribution in [0.1, 0.15) is 44.6 Å². The molecule has 36 heavy (non-hydrogen) atoms. The number of carbonyl (C=O) groups excluding carboxylic acids is 1. The van der Waals surface area contributed by atoms with Crippen LogP contribution in [0.2, 0.25) is 0 Å². The zero-order valence-electron chi connectivity index (χ0n) is 20.9. The molecule has 6 nitrogen and oxygen atoms in total. The summed E-state index contributed by atoms with van der Waals surface area (Å²) in [5.41, 5.74) is 1.24. The van der Waals surface area contributed by atoms with Gasteiger partial charge in [0.25, 0.3) is 0 Å². The predicted octanol–water partition coefficient (Wildman–Crippen LogP) is 4.55. The van der Waals surface area contributed by atoms with Crippen LogP contribution in [0.4, 0.5) is 8.78 Å². The molecular formula is C28H32F2N4O2. The van der Waals surface area contributed by atoms with E-state index >= 15 is 0 Å². The lowest BCUT2D eigenvalue weighted by Crippen LogP contribution is -2.58. The monoisotopic (exact) mass is 494 g/mol. The first kappa shape index (κ1) is 24.6. The molecule has 0 radical (unpaired) electrons. The van der Waals surface area contributed by atoms with Gasteiger partial charge < -0.3 is 19.5 Å². The van der Waals surface area contributed by atoms with E-state index in [-0.39, 0.29) is 35.6 Å². The Bertz CT molecular complexity index is 1260. The molecular weight excluding hydrogens is 462 g/mol. The van der Waals surface area contributed by atoms with E-state index in [9.17, 15) is 13.6 Å². The molecule has 2 aliphatic rings. The Balaban J connectivity index is 1.62. The number of aromatic nitrogens is 2. The predicted molar refractivity (Wildman–Crippen MR) is 133 cm³/mol. The molecule has 2 aromatic carbocycles. The van der Waals surface area contributed by atoms with Crippen LogP contribution in [0.25, 0.3) is 11.3 Å². The molecule has 2 fully saturated rings. The van der Waals surface area contributed by atoms with E-state index in [2.05, 4.69) is 26.1 Å². The summed E-state index contributed by atoms with van der Waals surface area (Å²) in [5.74, 6) is -0.0616. The zero-order chi connectivity index (χ0) is 25.5. The quantitative estimate of drug-likeness (QED) is 0.565. The van der Waals surface area contributed by atoms with E-state index in [0.717, 1.165) is 18.5 Å². The molecule has 1 aromatic heterocycles. The van der Waals surface area contributed by atoms with Gasteiger partial charge in [-0.2, -0.15) is 0 Å². The molecule has 1 spiro atoms. The molecule has 8 heteroatoms. The largest absolute Gasteiger partial charge is 0.362 e. The second kappa shape index (κ2) is 9.41. The number of rotatable bonds is 5. The maximum absolute atomic E-state index is 14.1. The third-order valence-electron chi connectivity index (χ3n) is 7.03. The minimum absolute atomic E-state index is 0.0234. The highest BCUT2D eigenvalue weighted by Gasteiger charge is 2.47. The van der Waals surface area contributed by atoms with Gasteiger partial charge in [0.05, 0.1) is 23.9 Å². The number of hydrogen-bond acceptors (Lipinski definition) is 4. The minimum atomic E-state index is -0.414. The average Bonchev–Trinajstić information content (AvgIpc) is 3.43. The van der Waals surface area contributed by atoms with Gasteiger partial charge in [0.2, 0.25) is 5.91 Å². The molecule has 2 saturated heterocycles. The lowest BCUT2D eigenvalue weighted by Gasteiger charge is -2.47. The Morgan fingerprint density at radius 1 is 1.14 bits per heavy atom. The van der Waals surface area contributed by atoms with Crippen molar-refractivity contribution in [1.82, 2.24) is 19.8 Å². The Morgan fingerprint density at radius 2 is 1.89 bits per heavy atom. The van der Waals surface area contributed by atoms with E-state index in [1.807, 2.05) is 27.8 Å². The summed E-state index contributed by atoms with van der Waals surface area (Å²) < 4.78 is 36.1. The van der Waals surface area contributed by atoms with Gasteiger partial charge in [-0.15, -0.1) is 0 Å². The molecule has 3 aromatic rings. The third kappa shape index (κ3) is 4.92. The van der Waals surface area contributed by atoms with Crippen molar-refractivity contribution in [3.8, 4) is 11.3 Å². The topological polar surface area (TPSA) is 59.4 Å².